The number of aromatic nitrogens is 3. The van der Waals surface area contributed by atoms with Crippen LogP contribution in [0.1, 0.15) is 51.0 Å². The van der Waals surface area contributed by atoms with Crippen LogP contribution in [0.5, 0.6) is 0 Å². The second-order valence-corrected chi connectivity index (χ2v) is 9.09. The molecule has 0 unspecified atom stereocenters. The number of benzene rings is 1. The minimum absolute atomic E-state index is 0.0836. The van der Waals surface area contributed by atoms with Gasteiger partial charge in [-0.1, -0.05) is 61.2 Å². The van der Waals surface area contributed by atoms with Gasteiger partial charge in [-0.25, -0.2) is 0 Å². The van der Waals surface area contributed by atoms with Gasteiger partial charge in [0, 0.05) is 18.7 Å². The molecule has 1 aromatic carbocycles. The van der Waals surface area contributed by atoms with Gasteiger partial charge in [0.05, 0.1) is 18.4 Å². The van der Waals surface area contributed by atoms with Crippen molar-refractivity contribution < 1.29 is 9.53 Å². The highest BCUT2D eigenvalue weighted by Gasteiger charge is 2.23. The van der Waals surface area contributed by atoms with Gasteiger partial charge in [-0.2, -0.15) is 0 Å². The van der Waals surface area contributed by atoms with Crippen molar-refractivity contribution in [2.24, 2.45) is 0 Å². The maximum Gasteiger partial charge on any atom is 0.233 e. The standard InChI is InChI=1S/C22H32N4O2S/c1-16-9-8-10-18(15-16)20-24-25-22(26(20)13-14-28-3)29-17(2)21(27)23-19-11-6-4-5-7-12-19/h8-10,15,17,19H,4-7,11-14H2,1-3H3,(H,23,27)/t17-/m1/s1. The Bertz CT molecular complexity index is 800. The summed E-state index contributed by atoms with van der Waals surface area (Å²) in [5, 5.41) is 12.6. The normalized spacial score (nSPS) is 16.4. The lowest BCUT2D eigenvalue weighted by Gasteiger charge is -2.19. The minimum Gasteiger partial charge on any atom is -0.383 e. The van der Waals surface area contributed by atoms with Gasteiger partial charge in [-0.05, 0) is 32.8 Å². The molecule has 1 saturated carbocycles. The molecule has 158 valence electrons. The summed E-state index contributed by atoms with van der Waals surface area (Å²) in [4.78, 5) is 12.8. The number of nitrogens with one attached hydrogen (secondary N) is 1. The van der Waals surface area contributed by atoms with Crippen LogP contribution in [0.25, 0.3) is 11.4 Å². The highest BCUT2D eigenvalue weighted by molar-refractivity contribution is 8.00. The fourth-order valence-corrected chi connectivity index (χ4v) is 4.60. The van der Waals surface area contributed by atoms with E-state index in [-0.39, 0.29) is 11.2 Å². The molecular formula is C22H32N4O2S. The molecule has 1 N–H and O–H groups in total. The van der Waals surface area contributed by atoms with Gasteiger partial charge in [0.2, 0.25) is 5.91 Å². The molecule has 1 amide bonds. The molecule has 1 fully saturated rings. The molecule has 3 rings (SSSR count). The minimum atomic E-state index is -0.228. The molecule has 1 aromatic heterocycles. The van der Waals surface area contributed by atoms with Gasteiger partial charge in [-0.15, -0.1) is 10.2 Å². The van der Waals surface area contributed by atoms with E-state index in [0.29, 0.717) is 19.2 Å². The zero-order valence-electron chi connectivity index (χ0n) is 17.7. The van der Waals surface area contributed by atoms with Crippen molar-refractivity contribution in [2.45, 2.75) is 75.4 Å². The molecule has 0 aliphatic heterocycles. The van der Waals surface area contributed by atoms with Crippen molar-refractivity contribution in [2.75, 3.05) is 13.7 Å². The van der Waals surface area contributed by atoms with Crippen LogP contribution in [0, 0.1) is 6.92 Å². The van der Waals surface area contributed by atoms with Crippen LogP contribution < -0.4 is 5.32 Å². The van der Waals surface area contributed by atoms with E-state index in [9.17, 15) is 4.79 Å². The number of hydrogen-bond acceptors (Lipinski definition) is 5. The number of thioether (sulfide) groups is 1. The van der Waals surface area contributed by atoms with E-state index in [4.69, 9.17) is 4.74 Å². The van der Waals surface area contributed by atoms with Gasteiger partial charge in [0.25, 0.3) is 0 Å². The molecule has 29 heavy (non-hydrogen) atoms. The number of rotatable bonds is 8. The third-order valence-electron chi connectivity index (χ3n) is 5.37. The Morgan fingerprint density at radius 3 is 2.72 bits per heavy atom. The first-order valence-electron chi connectivity index (χ1n) is 10.5. The van der Waals surface area contributed by atoms with Gasteiger partial charge in [-0.3, -0.25) is 9.36 Å². The molecule has 0 radical (unpaired) electrons. The maximum absolute atomic E-state index is 12.8. The highest BCUT2D eigenvalue weighted by Crippen LogP contribution is 2.28. The van der Waals surface area contributed by atoms with E-state index in [0.717, 1.165) is 29.4 Å². The Labute approximate surface area is 177 Å². The summed E-state index contributed by atoms with van der Waals surface area (Å²) in [7, 11) is 1.69. The van der Waals surface area contributed by atoms with E-state index in [1.54, 1.807) is 7.11 Å². The second-order valence-electron chi connectivity index (χ2n) is 7.78. The largest absolute Gasteiger partial charge is 0.383 e. The molecule has 1 atom stereocenters. The molecule has 0 saturated heterocycles. The van der Waals surface area contributed by atoms with E-state index in [2.05, 4.69) is 39.1 Å². The smallest absolute Gasteiger partial charge is 0.233 e. The van der Waals surface area contributed by atoms with Gasteiger partial charge in [0.15, 0.2) is 11.0 Å². The Morgan fingerprint density at radius 2 is 2.03 bits per heavy atom. The summed E-state index contributed by atoms with van der Waals surface area (Å²) in [5.41, 5.74) is 2.20. The molecule has 6 nitrogen and oxygen atoms in total. The number of methoxy groups -OCH3 is 1. The molecule has 1 aliphatic carbocycles. The Balaban J connectivity index is 1.72. The molecule has 2 aromatic rings. The van der Waals surface area contributed by atoms with Gasteiger partial charge in [0.1, 0.15) is 0 Å². The average Bonchev–Trinajstić information content (AvgIpc) is 2.92. The third kappa shape index (κ3) is 6.06. The summed E-state index contributed by atoms with van der Waals surface area (Å²) < 4.78 is 7.34. The topological polar surface area (TPSA) is 69.0 Å². The fraction of sp³-hybridized carbons (Fsp3) is 0.591. The molecular weight excluding hydrogens is 384 g/mol. The van der Waals surface area contributed by atoms with Crippen molar-refractivity contribution in [3.05, 3.63) is 29.8 Å². The number of carbonyl (C=O) groups is 1. The molecule has 7 heteroatoms. The summed E-state index contributed by atoms with van der Waals surface area (Å²) in [6.45, 7) is 5.21. The van der Waals surface area contributed by atoms with Crippen molar-refractivity contribution in [1.82, 2.24) is 20.1 Å². The Hall–Kier alpha value is -1.86. The van der Waals surface area contributed by atoms with Crippen molar-refractivity contribution in [3.8, 4) is 11.4 Å². The zero-order chi connectivity index (χ0) is 20.6. The van der Waals surface area contributed by atoms with Crippen molar-refractivity contribution in [1.29, 1.82) is 0 Å². The van der Waals surface area contributed by atoms with Crippen LogP contribution in [-0.2, 0) is 16.1 Å². The number of ether oxygens (including phenoxy) is 1. The van der Waals surface area contributed by atoms with Gasteiger partial charge < -0.3 is 10.1 Å². The predicted molar refractivity (Wildman–Crippen MR) is 117 cm³/mol. The number of amides is 1. The summed E-state index contributed by atoms with van der Waals surface area (Å²) in [5.74, 6) is 0.893. The highest BCUT2D eigenvalue weighted by atomic mass is 32.2. The van der Waals surface area contributed by atoms with Crippen LogP contribution in [0.4, 0.5) is 0 Å². The van der Waals surface area contributed by atoms with E-state index in [1.165, 1.54) is 43.0 Å². The molecule has 0 bridgehead atoms. The number of carbonyl (C=O) groups excluding carboxylic acids is 1. The SMILES string of the molecule is COCCn1c(S[C@H](C)C(=O)NC2CCCCCC2)nnc1-c1cccc(C)c1. The summed E-state index contributed by atoms with van der Waals surface area (Å²) in [6, 6.07) is 8.54. The van der Waals surface area contributed by atoms with Gasteiger partial charge >= 0.3 is 0 Å². The van der Waals surface area contributed by atoms with Crippen molar-refractivity contribution >= 4 is 17.7 Å². The van der Waals surface area contributed by atoms with Crippen molar-refractivity contribution in [3.63, 3.8) is 0 Å². The number of nitrogens with zero attached hydrogens (tertiary/aromatic N) is 3. The van der Waals surface area contributed by atoms with E-state index in [1.807, 2.05) is 19.1 Å². The lowest BCUT2D eigenvalue weighted by atomic mass is 10.1. The van der Waals surface area contributed by atoms with Crippen LogP contribution in [0.3, 0.4) is 0 Å². The van der Waals surface area contributed by atoms with Crippen LogP contribution in [0.2, 0.25) is 0 Å². The third-order valence-corrected chi connectivity index (χ3v) is 6.45. The molecule has 1 heterocycles. The second kappa shape index (κ2) is 10.8. The maximum atomic E-state index is 12.8. The summed E-state index contributed by atoms with van der Waals surface area (Å²) in [6.07, 6.45) is 7.15. The first-order chi connectivity index (χ1) is 14.1. The number of hydrogen-bond donors (Lipinski definition) is 1. The molecule has 0 spiro atoms. The predicted octanol–water partition coefficient (Wildman–Crippen LogP) is 4.22. The summed E-state index contributed by atoms with van der Waals surface area (Å²) >= 11 is 1.46. The Kier molecular flexibility index (Phi) is 8.12. The molecule has 1 aliphatic rings. The average molecular weight is 417 g/mol. The lowest BCUT2D eigenvalue weighted by molar-refractivity contribution is -0.121. The lowest BCUT2D eigenvalue weighted by Crippen LogP contribution is -2.39. The van der Waals surface area contributed by atoms with E-state index >= 15 is 0 Å². The number of aryl methyl sites for hydroxylation is 1. The van der Waals surface area contributed by atoms with Crippen LogP contribution in [0.15, 0.2) is 29.4 Å². The first kappa shape index (κ1) is 21.8. The monoisotopic (exact) mass is 416 g/mol. The van der Waals surface area contributed by atoms with Crippen LogP contribution in [-0.4, -0.2) is 45.7 Å². The van der Waals surface area contributed by atoms with Crippen LogP contribution >= 0.6 is 11.8 Å². The zero-order valence-corrected chi connectivity index (χ0v) is 18.5. The Morgan fingerprint density at radius 1 is 1.28 bits per heavy atom. The quantitative estimate of drug-likeness (QED) is 0.515. The first-order valence-corrected chi connectivity index (χ1v) is 11.4. The fourth-order valence-electron chi connectivity index (χ4n) is 3.71. The van der Waals surface area contributed by atoms with E-state index < -0.39 is 0 Å².